The molecule has 0 atom stereocenters. The van der Waals surface area contributed by atoms with E-state index in [4.69, 9.17) is 19.3 Å². The van der Waals surface area contributed by atoms with Gasteiger partial charge in [-0.2, -0.15) is 0 Å². The minimum atomic E-state index is -0.813. The van der Waals surface area contributed by atoms with Crippen LogP contribution in [0.1, 0.15) is 30.0 Å². The molecule has 0 unspecified atom stereocenters. The molecular weight excluding hydrogens is 332 g/mol. The lowest BCUT2D eigenvalue weighted by atomic mass is 10.1. The summed E-state index contributed by atoms with van der Waals surface area (Å²) >= 11 is 0. The molecule has 140 valence electrons. The van der Waals surface area contributed by atoms with E-state index in [0.717, 1.165) is 22.4 Å². The summed E-state index contributed by atoms with van der Waals surface area (Å²) in [4.78, 5) is 10.7. The molecule has 0 bridgehead atoms. The maximum Gasteiger partial charge on any atom is 0.303 e. The number of carboxylic acids is 1. The Bertz CT molecular complexity index is 739. The third-order valence-electron chi connectivity index (χ3n) is 3.88. The molecule has 5 nitrogen and oxygen atoms in total. The second kappa shape index (κ2) is 9.70. The molecule has 0 saturated carbocycles. The predicted octanol–water partition coefficient (Wildman–Crippen LogP) is 4.18. The number of aryl methyl sites for hydroxylation is 3. The molecule has 0 aliphatic rings. The zero-order chi connectivity index (χ0) is 18.9. The first-order valence-electron chi connectivity index (χ1n) is 8.80. The van der Waals surface area contributed by atoms with Crippen molar-refractivity contribution in [3.8, 4) is 17.2 Å². The number of ether oxygens (including phenoxy) is 3. The average Bonchev–Trinajstić information content (AvgIpc) is 2.61. The van der Waals surface area contributed by atoms with Gasteiger partial charge < -0.3 is 19.3 Å². The number of hydrogen-bond acceptors (Lipinski definition) is 4. The molecule has 0 fully saturated rings. The van der Waals surface area contributed by atoms with Crippen molar-refractivity contribution in [1.29, 1.82) is 0 Å². The smallest absolute Gasteiger partial charge is 0.303 e. The highest BCUT2D eigenvalue weighted by Gasteiger charge is 2.08. The van der Waals surface area contributed by atoms with Crippen LogP contribution in [-0.4, -0.2) is 30.9 Å². The van der Waals surface area contributed by atoms with Crippen LogP contribution in [0, 0.1) is 13.8 Å². The van der Waals surface area contributed by atoms with Crippen LogP contribution in [0.5, 0.6) is 17.2 Å². The van der Waals surface area contributed by atoms with Gasteiger partial charge in [0.05, 0.1) is 6.61 Å². The molecule has 0 amide bonds. The van der Waals surface area contributed by atoms with Gasteiger partial charge in [-0.25, -0.2) is 0 Å². The molecule has 0 spiro atoms. The van der Waals surface area contributed by atoms with E-state index in [0.29, 0.717) is 37.7 Å². The summed E-state index contributed by atoms with van der Waals surface area (Å²) in [5, 5.41) is 8.81. The summed E-state index contributed by atoms with van der Waals surface area (Å²) in [6.07, 6.45) is 0.556. The van der Waals surface area contributed by atoms with Crippen LogP contribution in [-0.2, 0) is 11.2 Å². The van der Waals surface area contributed by atoms with Gasteiger partial charge in [-0.3, -0.25) is 4.79 Å². The summed E-state index contributed by atoms with van der Waals surface area (Å²) in [5.41, 5.74) is 3.16. The molecule has 0 aliphatic heterocycles. The molecule has 0 aromatic heterocycles. The van der Waals surface area contributed by atoms with Gasteiger partial charge >= 0.3 is 5.97 Å². The SMILES string of the molecule is CCOc1cc(CCC(=O)O)ccc1OCCOc1cc(C)ccc1C. The normalized spacial score (nSPS) is 10.4. The lowest BCUT2D eigenvalue weighted by Crippen LogP contribution is -2.10. The van der Waals surface area contributed by atoms with Crippen LogP contribution in [0.15, 0.2) is 36.4 Å². The minimum Gasteiger partial charge on any atom is -0.490 e. The van der Waals surface area contributed by atoms with Crippen molar-refractivity contribution in [2.45, 2.75) is 33.6 Å². The Kier molecular flexibility index (Phi) is 7.33. The van der Waals surface area contributed by atoms with Gasteiger partial charge in [-0.15, -0.1) is 0 Å². The van der Waals surface area contributed by atoms with Crippen molar-refractivity contribution in [2.24, 2.45) is 0 Å². The molecule has 0 aliphatic carbocycles. The maximum atomic E-state index is 10.7. The molecule has 0 radical (unpaired) electrons. The largest absolute Gasteiger partial charge is 0.490 e. The number of benzene rings is 2. The van der Waals surface area contributed by atoms with Crippen LogP contribution in [0.4, 0.5) is 0 Å². The summed E-state index contributed by atoms with van der Waals surface area (Å²) in [7, 11) is 0. The van der Waals surface area contributed by atoms with Crippen molar-refractivity contribution in [3.05, 3.63) is 53.1 Å². The Morgan fingerprint density at radius 1 is 0.923 bits per heavy atom. The van der Waals surface area contributed by atoms with E-state index < -0.39 is 5.97 Å². The monoisotopic (exact) mass is 358 g/mol. The Hall–Kier alpha value is -2.69. The molecule has 26 heavy (non-hydrogen) atoms. The standard InChI is InChI=1S/C21H26O5/c1-4-24-20-14-17(8-10-21(22)23)7-9-18(20)25-11-12-26-19-13-15(2)5-6-16(19)3/h5-7,9,13-14H,4,8,10-12H2,1-3H3,(H,22,23). The summed E-state index contributed by atoms with van der Waals surface area (Å²) in [5.74, 6) is 1.31. The van der Waals surface area contributed by atoms with Crippen LogP contribution in [0.3, 0.4) is 0 Å². The van der Waals surface area contributed by atoms with Crippen LogP contribution in [0.25, 0.3) is 0 Å². The third-order valence-corrected chi connectivity index (χ3v) is 3.88. The summed E-state index contributed by atoms with van der Waals surface area (Å²) in [6.45, 7) is 7.27. The Morgan fingerprint density at radius 3 is 2.35 bits per heavy atom. The van der Waals surface area contributed by atoms with E-state index in [2.05, 4.69) is 6.07 Å². The van der Waals surface area contributed by atoms with Crippen LogP contribution >= 0.6 is 0 Å². The van der Waals surface area contributed by atoms with Gasteiger partial charge in [0.15, 0.2) is 11.5 Å². The average molecular weight is 358 g/mol. The second-order valence-corrected chi connectivity index (χ2v) is 6.07. The third kappa shape index (κ3) is 5.99. The Balaban J connectivity index is 1.93. The second-order valence-electron chi connectivity index (χ2n) is 6.07. The van der Waals surface area contributed by atoms with E-state index in [9.17, 15) is 4.79 Å². The zero-order valence-electron chi connectivity index (χ0n) is 15.6. The van der Waals surface area contributed by atoms with E-state index in [1.165, 1.54) is 0 Å². The number of carbonyl (C=O) groups is 1. The van der Waals surface area contributed by atoms with E-state index in [-0.39, 0.29) is 6.42 Å². The fraction of sp³-hybridized carbons (Fsp3) is 0.381. The Labute approximate surface area is 154 Å². The van der Waals surface area contributed by atoms with Crippen LogP contribution in [0.2, 0.25) is 0 Å². The number of carboxylic acid groups (broad SMARTS) is 1. The molecule has 2 aromatic carbocycles. The van der Waals surface area contributed by atoms with Crippen molar-refractivity contribution in [2.75, 3.05) is 19.8 Å². The first-order chi connectivity index (χ1) is 12.5. The molecule has 2 rings (SSSR count). The first-order valence-corrected chi connectivity index (χ1v) is 8.80. The Morgan fingerprint density at radius 2 is 1.65 bits per heavy atom. The lowest BCUT2D eigenvalue weighted by Gasteiger charge is -2.14. The van der Waals surface area contributed by atoms with Gasteiger partial charge in [0, 0.05) is 6.42 Å². The summed E-state index contributed by atoms with van der Waals surface area (Å²) in [6, 6.07) is 11.6. The highest BCUT2D eigenvalue weighted by Crippen LogP contribution is 2.29. The molecule has 5 heteroatoms. The molecule has 0 heterocycles. The molecule has 0 saturated heterocycles. The number of aliphatic carboxylic acids is 1. The van der Waals surface area contributed by atoms with E-state index >= 15 is 0 Å². The quantitative estimate of drug-likeness (QED) is 0.646. The first kappa shape index (κ1) is 19.6. The van der Waals surface area contributed by atoms with E-state index in [1.807, 2.05) is 51.1 Å². The lowest BCUT2D eigenvalue weighted by molar-refractivity contribution is -0.136. The molecule has 2 aromatic rings. The maximum absolute atomic E-state index is 10.7. The van der Waals surface area contributed by atoms with Gasteiger partial charge in [-0.1, -0.05) is 18.2 Å². The fourth-order valence-corrected chi connectivity index (χ4v) is 2.51. The molecule has 1 N–H and O–H groups in total. The van der Waals surface area contributed by atoms with Gasteiger partial charge in [0.1, 0.15) is 19.0 Å². The van der Waals surface area contributed by atoms with Crippen molar-refractivity contribution in [3.63, 3.8) is 0 Å². The van der Waals surface area contributed by atoms with Crippen molar-refractivity contribution >= 4 is 5.97 Å². The van der Waals surface area contributed by atoms with E-state index in [1.54, 1.807) is 0 Å². The summed E-state index contributed by atoms with van der Waals surface area (Å²) < 4.78 is 17.2. The van der Waals surface area contributed by atoms with Crippen molar-refractivity contribution < 1.29 is 24.1 Å². The van der Waals surface area contributed by atoms with Gasteiger partial charge in [-0.05, 0) is 62.1 Å². The zero-order valence-corrected chi connectivity index (χ0v) is 15.6. The van der Waals surface area contributed by atoms with Gasteiger partial charge in [0.25, 0.3) is 0 Å². The highest BCUT2D eigenvalue weighted by atomic mass is 16.5. The van der Waals surface area contributed by atoms with Gasteiger partial charge in [0.2, 0.25) is 0 Å². The molecular formula is C21H26O5. The highest BCUT2D eigenvalue weighted by molar-refractivity contribution is 5.67. The fourth-order valence-electron chi connectivity index (χ4n) is 2.51. The number of rotatable bonds is 10. The topological polar surface area (TPSA) is 65.0 Å². The van der Waals surface area contributed by atoms with Crippen LogP contribution < -0.4 is 14.2 Å². The van der Waals surface area contributed by atoms with Crippen molar-refractivity contribution in [1.82, 2.24) is 0 Å². The minimum absolute atomic E-state index is 0.0927. The predicted molar refractivity (Wildman–Crippen MR) is 100 cm³/mol. The number of hydrogen-bond donors (Lipinski definition) is 1.